The number of halogens is 1. The van der Waals surface area contributed by atoms with Crippen LogP contribution in [-0.4, -0.2) is 30.1 Å². The molecule has 2 heterocycles. The van der Waals surface area contributed by atoms with E-state index in [0.29, 0.717) is 10.9 Å². The summed E-state index contributed by atoms with van der Waals surface area (Å²) in [4.78, 5) is 15.1. The molecule has 0 radical (unpaired) electrons. The van der Waals surface area contributed by atoms with Gasteiger partial charge in [-0.1, -0.05) is 11.6 Å². The zero-order chi connectivity index (χ0) is 13.0. The van der Waals surface area contributed by atoms with E-state index < -0.39 is 5.97 Å². The van der Waals surface area contributed by atoms with E-state index in [0.717, 1.165) is 25.9 Å². The summed E-state index contributed by atoms with van der Waals surface area (Å²) in [6.07, 6.45) is 3.38. The number of piperidine rings is 1. The van der Waals surface area contributed by atoms with Crippen LogP contribution >= 0.6 is 11.6 Å². The average Bonchev–Trinajstić information content (AvgIpc) is 2.33. The molecule has 1 fully saturated rings. The third kappa shape index (κ3) is 3.58. The molecule has 0 unspecified atom stereocenters. The average molecular weight is 271 g/mol. The normalized spacial score (nSPS) is 16.3. The lowest BCUT2D eigenvalue weighted by Gasteiger charge is -2.23. The van der Waals surface area contributed by atoms with Crippen molar-refractivity contribution >= 4 is 17.6 Å². The van der Waals surface area contributed by atoms with Gasteiger partial charge in [0.25, 0.3) is 5.88 Å². The van der Waals surface area contributed by atoms with Crippen LogP contribution in [0.1, 0.15) is 19.8 Å². The van der Waals surface area contributed by atoms with Crippen LogP contribution < -0.4 is 14.8 Å². The first-order valence-corrected chi connectivity index (χ1v) is 6.24. The van der Waals surface area contributed by atoms with Crippen LogP contribution in [0.3, 0.4) is 0 Å². The smallest absolute Gasteiger partial charge is 0.308 e. The standard InChI is InChI=1S/C12H15ClN2O3/c1-8(16)17-11-6-9(13)7-15-12(11)18-10-2-4-14-5-3-10/h6-7,10,14H,2-5H2,1H3. The van der Waals surface area contributed by atoms with E-state index in [-0.39, 0.29) is 11.9 Å². The van der Waals surface area contributed by atoms with Crippen LogP contribution in [0.5, 0.6) is 11.6 Å². The van der Waals surface area contributed by atoms with Gasteiger partial charge in [-0.2, -0.15) is 0 Å². The monoisotopic (exact) mass is 270 g/mol. The van der Waals surface area contributed by atoms with Crippen molar-refractivity contribution in [3.8, 4) is 11.6 Å². The number of pyridine rings is 1. The van der Waals surface area contributed by atoms with Gasteiger partial charge in [0.2, 0.25) is 0 Å². The second-order valence-electron chi connectivity index (χ2n) is 4.12. The van der Waals surface area contributed by atoms with Crippen molar-refractivity contribution in [2.24, 2.45) is 0 Å². The summed E-state index contributed by atoms with van der Waals surface area (Å²) < 4.78 is 10.8. The molecule has 1 N–H and O–H groups in total. The van der Waals surface area contributed by atoms with E-state index in [2.05, 4.69) is 10.3 Å². The van der Waals surface area contributed by atoms with Gasteiger partial charge in [-0.15, -0.1) is 0 Å². The minimum Gasteiger partial charge on any atom is -0.472 e. The number of rotatable bonds is 3. The Balaban J connectivity index is 2.12. The van der Waals surface area contributed by atoms with Crippen LogP contribution in [0.2, 0.25) is 5.02 Å². The summed E-state index contributed by atoms with van der Waals surface area (Å²) in [5.41, 5.74) is 0. The van der Waals surface area contributed by atoms with Crippen LogP contribution in [-0.2, 0) is 4.79 Å². The summed E-state index contributed by atoms with van der Waals surface area (Å²) in [6, 6.07) is 1.53. The molecule has 5 nitrogen and oxygen atoms in total. The van der Waals surface area contributed by atoms with E-state index in [1.54, 1.807) is 0 Å². The fourth-order valence-corrected chi connectivity index (χ4v) is 1.94. The fourth-order valence-electron chi connectivity index (χ4n) is 1.80. The van der Waals surface area contributed by atoms with Gasteiger partial charge < -0.3 is 14.8 Å². The van der Waals surface area contributed by atoms with Gasteiger partial charge in [0.15, 0.2) is 5.75 Å². The molecule has 18 heavy (non-hydrogen) atoms. The van der Waals surface area contributed by atoms with Gasteiger partial charge in [0.05, 0.1) is 5.02 Å². The molecule has 1 saturated heterocycles. The summed E-state index contributed by atoms with van der Waals surface area (Å²) in [5, 5.41) is 3.66. The zero-order valence-electron chi connectivity index (χ0n) is 10.1. The summed E-state index contributed by atoms with van der Waals surface area (Å²) in [5.74, 6) is 0.171. The lowest BCUT2D eigenvalue weighted by molar-refractivity contribution is -0.132. The molecule has 2 rings (SSSR count). The SMILES string of the molecule is CC(=O)Oc1cc(Cl)cnc1OC1CCNCC1. The van der Waals surface area contributed by atoms with Gasteiger partial charge in [0.1, 0.15) is 6.10 Å². The van der Waals surface area contributed by atoms with E-state index in [4.69, 9.17) is 21.1 Å². The molecule has 98 valence electrons. The molecular weight excluding hydrogens is 256 g/mol. The Morgan fingerprint density at radius 2 is 2.22 bits per heavy atom. The molecular formula is C12H15ClN2O3. The van der Waals surface area contributed by atoms with Crippen molar-refractivity contribution in [3.05, 3.63) is 17.3 Å². The summed E-state index contributed by atoms with van der Waals surface area (Å²) >= 11 is 5.82. The van der Waals surface area contributed by atoms with Crippen molar-refractivity contribution in [2.45, 2.75) is 25.9 Å². The Kier molecular flexibility index (Phi) is 4.38. The highest BCUT2D eigenvalue weighted by Crippen LogP contribution is 2.29. The quantitative estimate of drug-likeness (QED) is 0.849. The van der Waals surface area contributed by atoms with Gasteiger partial charge in [-0.05, 0) is 25.9 Å². The van der Waals surface area contributed by atoms with Crippen LogP contribution in [0, 0.1) is 0 Å². The van der Waals surface area contributed by atoms with Crippen LogP contribution in [0.25, 0.3) is 0 Å². The number of carbonyl (C=O) groups is 1. The Morgan fingerprint density at radius 1 is 1.50 bits per heavy atom. The molecule has 0 aliphatic carbocycles. The zero-order valence-corrected chi connectivity index (χ0v) is 10.9. The maximum absolute atomic E-state index is 11.0. The molecule has 0 atom stereocenters. The Bertz CT molecular complexity index is 433. The lowest BCUT2D eigenvalue weighted by atomic mass is 10.1. The maximum Gasteiger partial charge on any atom is 0.308 e. The van der Waals surface area contributed by atoms with Crippen LogP contribution in [0.4, 0.5) is 0 Å². The van der Waals surface area contributed by atoms with Gasteiger partial charge >= 0.3 is 5.97 Å². The van der Waals surface area contributed by atoms with Gasteiger partial charge in [-0.3, -0.25) is 4.79 Å². The summed E-state index contributed by atoms with van der Waals surface area (Å²) in [7, 11) is 0. The highest BCUT2D eigenvalue weighted by atomic mass is 35.5. The molecule has 1 aliphatic heterocycles. The van der Waals surface area contributed by atoms with Crippen molar-refractivity contribution in [3.63, 3.8) is 0 Å². The second-order valence-corrected chi connectivity index (χ2v) is 4.55. The number of esters is 1. The Hall–Kier alpha value is -1.33. The molecule has 0 bridgehead atoms. The van der Waals surface area contributed by atoms with E-state index in [1.165, 1.54) is 19.2 Å². The third-order valence-corrected chi connectivity index (χ3v) is 2.81. The number of ether oxygens (including phenoxy) is 2. The van der Waals surface area contributed by atoms with E-state index >= 15 is 0 Å². The van der Waals surface area contributed by atoms with Gasteiger partial charge in [-0.25, -0.2) is 4.98 Å². The number of nitrogens with zero attached hydrogens (tertiary/aromatic N) is 1. The lowest BCUT2D eigenvalue weighted by Crippen LogP contribution is -2.34. The molecule has 6 heteroatoms. The number of aromatic nitrogens is 1. The molecule has 0 saturated carbocycles. The molecule has 1 aromatic rings. The molecule has 1 aromatic heterocycles. The predicted molar refractivity (Wildman–Crippen MR) is 67.1 cm³/mol. The summed E-state index contributed by atoms with van der Waals surface area (Å²) in [6.45, 7) is 3.16. The highest BCUT2D eigenvalue weighted by Gasteiger charge is 2.18. The first-order valence-electron chi connectivity index (χ1n) is 5.86. The molecule has 0 spiro atoms. The topological polar surface area (TPSA) is 60.5 Å². The largest absolute Gasteiger partial charge is 0.472 e. The fraction of sp³-hybridized carbons (Fsp3) is 0.500. The second kappa shape index (κ2) is 6.02. The third-order valence-electron chi connectivity index (χ3n) is 2.60. The number of hydrogen-bond acceptors (Lipinski definition) is 5. The van der Waals surface area contributed by atoms with Crippen molar-refractivity contribution < 1.29 is 14.3 Å². The first kappa shape index (κ1) is 13.1. The Labute approximate surface area is 110 Å². The minimum absolute atomic E-state index is 0.0919. The molecule has 1 aliphatic rings. The maximum atomic E-state index is 11.0. The first-order chi connectivity index (χ1) is 8.65. The minimum atomic E-state index is -0.422. The van der Waals surface area contributed by atoms with Crippen LogP contribution in [0.15, 0.2) is 12.3 Å². The van der Waals surface area contributed by atoms with Crippen molar-refractivity contribution in [1.82, 2.24) is 10.3 Å². The van der Waals surface area contributed by atoms with Crippen molar-refractivity contribution in [1.29, 1.82) is 0 Å². The van der Waals surface area contributed by atoms with Crippen molar-refractivity contribution in [2.75, 3.05) is 13.1 Å². The number of hydrogen-bond donors (Lipinski definition) is 1. The predicted octanol–water partition coefficient (Wildman–Crippen LogP) is 1.79. The number of carbonyl (C=O) groups excluding carboxylic acids is 1. The Morgan fingerprint density at radius 3 is 2.89 bits per heavy atom. The molecule has 0 aromatic carbocycles. The van der Waals surface area contributed by atoms with E-state index in [1.807, 2.05) is 0 Å². The molecule has 0 amide bonds. The number of nitrogens with one attached hydrogen (secondary N) is 1. The highest BCUT2D eigenvalue weighted by molar-refractivity contribution is 6.30. The van der Waals surface area contributed by atoms with E-state index in [9.17, 15) is 4.79 Å². The van der Waals surface area contributed by atoms with Gasteiger partial charge in [0, 0.05) is 19.2 Å².